The Bertz CT molecular complexity index is 922. The number of methoxy groups -OCH3 is 1. The number of fused-ring (bicyclic) bond motifs is 1. The summed E-state index contributed by atoms with van der Waals surface area (Å²) in [5.74, 6) is -0.289. The van der Waals surface area contributed by atoms with Crippen molar-refractivity contribution in [2.45, 2.75) is 12.1 Å². The number of ether oxygens (including phenoxy) is 1. The number of benzene rings is 2. The van der Waals surface area contributed by atoms with E-state index in [4.69, 9.17) is 4.74 Å². The van der Waals surface area contributed by atoms with Crippen molar-refractivity contribution in [3.8, 4) is 0 Å². The van der Waals surface area contributed by atoms with Gasteiger partial charge in [0.2, 0.25) is 0 Å². The lowest BCUT2D eigenvalue weighted by atomic mass is 9.96. The predicted octanol–water partition coefficient (Wildman–Crippen LogP) is 4.63. The van der Waals surface area contributed by atoms with Crippen molar-refractivity contribution >= 4 is 29.1 Å². The molecule has 0 spiro atoms. The summed E-state index contributed by atoms with van der Waals surface area (Å²) in [6, 6.07) is 17.1. The zero-order chi connectivity index (χ0) is 17.9. The maximum Gasteiger partial charge on any atom is 0.333 e. The monoisotopic (exact) mass is 362 g/mol. The van der Waals surface area contributed by atoms with E-state index >= 15 is 0 Å². The first kappa shape index (κ1) is 16.5. The molecule has 0 saturated heterocycles. The fraction of sp³-hybridized carbons (Fsp3) is 0.143. The number of rotatable bonds is 4. The molecule has 130 valence electrons. The van der Waals surface area contributed by atoms with Crippen LogP contribution in [0, 0.1) is 0 Å². The number of nitrogens with zero attached hydrogens (tertiary/aromatic N) is 2. The van der Waals surface area contributed by atoms with Crippen LogP contribution in [0.3, 0.4) is 0 Å². The van der Waals surface area contributed by atoms with Crippen LogP contribution in [0.25, 0.3) is 6.08 Å². The molecule has 0 fully saturated rings. The van der Waals surface area contributed by atoms with Crippen molar-refractivity contribution in [1.29, 1.82) is 0 Å². The van der Waals surface area contributed by atoms with Crippen LogP contribution in [-0.2, 0) is 9.53 Å². The van der Waals surface area contributed by atoms with Crippen LogP contribution in [0.1, 0.15) is 28.2 Å². The molecule has 0 bridgehead atoms. The van der Waals surface area contributed by atoms with Crippen LogP contribution in [0.15, 0.2) is 72.3 Å². The van der Waals surface area contributed by atoms with Crippen LogP contribution in [-0.4, -0.2) is 18.1 Å². The average Bonchev–Trinajstić information content (AvgIpc) is 3.23. The summed E-state index contributed by atoms with van der Waals surface area (Å²) in [4.78, 5) is 19.4. The highest BCUT2D eigenvalue weighted by Crippen LogP contribution is 2.43. The third-order valence-corrected chi connectivity index (χ3v) is 5.34. The summed E-state index contributed by atoms with van der Waals surface area (Å²) in [6.45, 7) is 0. The molecule has 4 nitrogen and oxygen atoms in total. The highest BCUT2D eigenvalue weighted by atomic mass is 32.1. The highest BCUT2D eigenvalue weighted by Gasteiger charge is 2.37. The Morgan fingerprint density at radius 2 is 1.92 bits per heavy atom. The molecule has 5 heteroatoms. The number of thiazole rings is 1. The first-order chi connectivity index (χ1) is 12.8. The van der Waals surface area contributed by atoms with Crippen molar-refractivity contribution in [2.75, 3.05) is 12.0 Å². The Hall–Kier alpha value is -2.92. The number of anilines is 1. The molecule has 2 heterocycles. The van der Waals surface area contributed by atoms with Gasteiger partial charge in [0.15, 0.2) is 6.04 Å². The lowest BCUT2D eigenvalue weighted by molar-refractivity contribution is -0.142. The van der Waals surface area contributed by atoms with Crippen molar-refractivity contribution < 1.29 is 9.53 Å². The minimum atomic E-state index is -0.554. The van der Waals surface area contributed by atoms with E-state index in [0.717, 1.165) is 21.8 Å². The summed E-state index contributed by atoms with van der Waals surface area (Å²) >= 11 is 1.58. The van der Waals surface area contributed by atoms with E-state index in [-0.39, 0.29) is 12.0 Å². The molecule has 1 aliphatic rings. The first-order valence-corrected chi connectivity index (χ1v) is 9.25. The van der Waals surface area contributed by atoms with Gasteiger partial charge in [-0.1, -0.05) is 60.7 Å². The molecule has 2 atom stereocenters. The van der Waals surface area contributed by atoms with E-state index in [0.29, 0.717) is 0 Å². The van der Waals surface area contributed by atoms with E-state index in [1.54, 1.807) is 17.5 Å². The summed E-state index contributed by atoms with van der Waals surface area (Å²) in [5, 5.41) is 2.90. The normalized spacial score (nSPS) is 16.8. The smallest absolute Gasteiger partial charge is 0.333 e. The molecule has 0 N–H and O–H groups in total. The molecular weight excluding hydrogens is 344 g/mol. The molecule has 3 aromatic rings. The quantitative estimate of drug-likeness (QED) is 0.635. The maximum atomic E-state index is 12.8. The lowest BCUT2D eigenvalue weighted by Crippen LogP contribution is -2.38. The van der Waals surface area contributed by atoms with Crippen LogP contribution < -0.4 is 4.90 Å². The third-order valence-electron chi connectivity index (χ3n) is 4.50. The van der Waals surface area contributed by atoms with Crippen molar-refractivity contribution in [2.24, 2.45) is 0 Å². The summed E-state index contributed by atoms with van der Waals surface area (Å²) in [7, 11) is 1.43. The molecule has 26 heavy (non-hydrogen) atoms. The number of hydrogen-bond donors (Lipinski definition) is 0. The Labute approximate surface area is 156 Å². The van der Waals surface area contributed by atoms with E-state index in [1.807, 2.05) is 53.9 Å². The van der Waals surface area contributed by atoms with E-state index in [2.05, 4.69) is 28.1 Å². The largest absolute Gasteiger partial charge is 0.467 e. The number of aromatic nitrogens is 1. The highest BCUT2D eigenvalue weighted by molar-refractivity contribution is 7.09. The minimum Gasteiger partial charge on any atom is -0.467 e. The molecule has 0 radical (unpaired) electrons. The van der Waals surface area contributed by atoms with Crippen LogP contribution in [0.4, 0.5) is 5.69 Å². The summed E-state index contributed by atoms with van der Waals surface area (Å²) in [6.07, 6.45) is 5.99. The SMILES string of the molecule is COC(=O)[C@H](c1ccccc1)N1c2ccccc2C=C[C@@H]1c1nccs1. The Kier molecular flexibility index (Phi) is 4.54. The van der Waals surface area contributed by atoms with Gasteiger partial charge in [-0.3, -0.25) is 0 Å². The van der Waals surface area contributed by atoms with Gasteiger partial charge in [0.05, 0.1) is 7.11 Å². The third kappa shape index (κ3) is 2.91. The molecule has 1 aliphatic heterocycles. The molecular formula is C21H18N2O2S. The Morgan fingerprint density at radius 3 is 2.65 bits per heavy atom. The minimum absolute atomic E-state index is 0.130. The topological polar surface area (TPSA) is 42.4 Å². The van der Waals surface area contributed by atoms with Gasteiger partial charge < -0.3 is 9.64 Å². The number of hydrogen-bond acceptors (Lipinski definition) is 5. The fourth-order valence-corrected chi connectivity index (χ4v) is 4.05. The second-order valence-electron chi connectivity index (χ2n) is 5.98. The van der Waals surface area contributed by atoms with E-state index in [1.165, 1.54) is 7.11 Å². The van der Waals surface area contributed by atoms with Gasteiger partial charge in [-0.15, -0.1) is 11.3 Å². The van der Waals surface area contributed by atoms with Gasteiger partial charge in [0.1, 0.15) is 11.0 Å². The summed E-state index contributed by atoms with van der Waals surface area (Å²) in [5.41, 5.74) is 2.96. The molecule has 1 aromatic heterocycles. The van der Waals surface area contributed by atoms with Gasteiger partial charge in [0, 0.05) is 17.3 Å². The molecule has 0 amide bonds. The number of esters is 1. The van der Waals surface area contributed by atoms with Crippen molar-refractivity contribution in [1.82, 2.24) is 4.98 Å². The van der Waals surface area contributed by atoms with Gasteiger partial charge in [-0.2, -0.15) is 0 Å². The zero-order valence-corrected chi connectivity index (χ0v) is 15.1. The van der Waals surface area contributed by atoms with Gasteiger partial charge >= 0.3 is 5.97 Å². The van der Waals surface area contributed by atoms with Crippen LogP contribution in [0.5, 0.6) is 0 Å². The number of carbonyl (C=O) groups is 1. The zero-order valence-electron chi connectivity index (χ0n) is 14.3. The van der Waals surface area contributed by atoms with Crippen molar-refractivity contribution in [3.63, 3.8) is 0 Å². The molecule has 0 aliphatic carbocycles. The average molecular weight is 362 g/mol. The van der Waals surface area contributed by atoms with Gasteiger partial charge in [-0.25, -0.2) is 9.78 Å². The Balaban J connectivity index is 1.90. The molecule has 0 unspecified atom stereocenters. The molecule has 0 saturated carbocycles. The van der Waals surface area contributed by atoms with Gasteiger partial charge in [-0.05, 0) is 17.2 Å². The first-order valence-electron chi connectivity index (χ1n) is 8.37. The van der Waals surface area contributed by atoms with Crippen LogP contribution in [0.2, 0.25) is 0 Å². The standard InChI is InChI=1S/C21H18N2O2S/c1-25-21(24)19(16-8-3-2-4-9-16)23-17-10-6-5-7-15(17)11-12-18(23)20-22-13-14-26-20/h2-14,18-19H,1H3/t18-,19+/m1/s1. The van der Waals surface area contributed by atoms with E-state index < -0.39 is 6.04 Å². The fourth-order valence-electron chi connectivity index (χ4n) is 3.34. The predicted molar refractivity (Wildman–Crippen MR) is 104 cm³/mol. The molecule has 2 aromatic carbocycles. The Morgan fingerprint density at radius 1 is 1.15 bits per heavy atom. The number of para-hydroxylation sites is 1. The summed E-state index contributed by atoms with van der Waals surface area (Å²) < 4.78 is 5.18. The van der Waals surface area contributed by atoms with Gasteiger partial charge in [0.25, 0.3) is 0 Å². The second-order valence-corrected chi connectivity index (χ2v) is 6.90. The van der Waals surface area contributed by atoms with E-state index in [9.17, 15) is 4.79 Å². The van der Waals surface area contributed by atoms with Crippen LogP contribution >= 0.6 is 11.3 Å². The maximum absolute atomic E-state index is 12.8. The molecule has 4 rings (SSSR count). The number of carbonyl (C=O) groups excluding carboxylic acids is 1. The lowest BCUT2D eigenvalue weighted by Gasteiger charge is -2.39. The van der Waals surface area contributed by atoms with Crippen molar-refractivity contribution in [3.05, 3.63) is 88.4 Å². The second kappa shape index (κ2) is 7.14.